The predicted octanol–water partition coefficient (Wildman–Crippen LogP) is 2.46. The SMILES string of the molecule is CCN(CC(=O)NC(C)C)C(=O)CSc1ccccc1C. The molecule has 0 aliphatic rings. The van der Waals surface area contributed by atoms with Crippen molar-refractivity contribution in [1.29, 1.82) is 0 Å². The molecule has 0 unspecified atom stereocenters. The molecule has 0 aliphatic heterocycles. The summed E-state index contributed by atoms with van der Waals surface area (Å²) in [6.07, 6.45) is 0. The van der Waals surface area contributed by atoms with Gasteiger partial charge in [-0.15, -0.1) is 11.8 Å². The lowest BCUT2D eigenvalue weighted by Gasteiger charge is -2.21. The quantitative estimate of drug-likeness (QED) is 0.787. The Bertz CT molecular complexity index is 489. The van der Waals surface area contributed by atoms with Crippen molar-refractivity contribution in [2.45, 2.75) is 38.6 Å². The predicted molar refractivity (Wildman–Crippen MR) is 87.4 cm³/mol. The lowest BCUT2D eigenvalue weighted by Crippen LogP contribution is -2.43. The van der Waals surface area contributed by atoms with Crippen LogP contribution in [0.15, 0.2) is 29.2 Å². The van der Waals surface area contributed by atoms with E-state index in [0.29, 0.717) is 12.3 Å². The van der Waals surface area contributed by atoms with E-state index in [0.717, 1.165) is 10.5 Å². The topological polar surface area (TPSA) is 49.4 Å². The van der Waals surface area contributed by atoms with Crippen LogP contribution in [0.25, 0.3) is 0 Å². The van der Waals surface area contributed by atoms with Gasteiger partial charge in [0.2, 0.25) is 11.8 Å². The molecule has 0 heterocycles. The van der Waals surface area contributed by atoms with Crippen molar-refractivity contribution >= 4 is 23.6 Å². The lowest BCUT2D eigenvalue weighted by atomic mass is 10.2. The number of nitrogens with one attached hydrogen (secondary N) is 1. The van der Waals surface area contributed by atoms with Gasteiger partial charge in [0.05, 0.1) is 12.3 Å². The molecule has 5 heteroatoms. The minimum absolute atomic E-state index is 0.00957. The number of likely N-dealkylation sites (N-methyl/N-ethyl adjacent to an activating group) is 1. The average molecular weight is 308 g/mol. The molecule has 116 valence electrons. The monoisotopic (exact) mass is 308 g/mol. The first-order valence-corrected chi connectivity index (χ1v) is 8.18. The van der Waals surface area contributed by atoms with Crippen LogP contribution in [0.2, 0.25) is 0 Å². The van der Waals surface area contributed by atoms with Crippen LogP contribution in [0.1, 0.15) is 26.3 Å². The fourth-order valence-electron chi connectivity index (χ4n) is 1.87. The van der Waals surface area contributed by atoms with Crippen LogP contribution < -0.4 is 5.32 Å². The molecule has 1 aromatic carbocycles. The Balaban J connectivity index is 2.52. The molecule has 0 spiro atoms. The number of amides is 2. The molecule has 0 radical (unpaired) electrons. The zero-order chi connectivity index (χ0) is 15.8. The van der Waals surface area contributed by atoms with Gasteiger partial charge >= 0.3 is 0 Å². The molecule has 1 rings (SSSR count). The Labute approximate surface area is 131 Å². The second-order valence-corrected chi connectivity index (χ2v) is 6.20. The first kappa shape index (κ1) is 17.6. The number of rotatable bonds is 7. The molecular formula is C16H24N2O2S. The lowest BCUT2D eigenvalue weighted by molar-refractivity contribution is -0.134. The summed E-state index contributed by atoms with van der Waals surface area (Å²) in [6, 6.07) is 8.08. The number of hydrogen-bond acceptors (Lipinski definition) is 3. The summed E-state index contributed by atoms with van der Waals surface area (Å²) in [5.74, 6) is 0.235. The van der Waals surface area contributed by atoms with Gasteiger partial charge in [-0.2, -0.15) is 0 Å². The minimum Gasteiger partial charge on any atom is -0.352 e. The zero-order valence-electron chi connectivity index (χ0n) is 13.2. The maximum absolute atomic E-state index is 12.2. The van der Waals surface area contributed by atoms with Gasteiger partial charge in [-0.25, -0.2) is 0 Å². The van der Waals surface area contributed by atoms with Crippen molar-refractivity contribution in [3.63, 3.8) is 0 Å². The van der Waals surface area contributed by atoms with Crippen molar-refractivity contribution in [3.05, 3.63) is 29.8 Å². The highest BCUT2D eigenvalue weighted by atomic mass is 32.2. The molecule has 0 atom stereocenters. The smallest absolute Gasteiger partial charge is 0.239 e. The molecule has 1 aromatic rings. The molecule has 0 aromatic heterocycles. The van der Waals surface area contributed by atoms with Crippen LogP contribution in [0, 0.1) is 6.92 Å². The number of nitrogens with zero attached hydrogens (tertiary/aromatic N) is 1. The third-order valence-electron chi connectivity index (χ3n) is 2.96. The zero-order valence-corrected chi connectivity index (χ0v) is 14.0. The molecule has 0 fully saturated rings. The van der Waals surface area contributed by atoms with E-state index in [-0.39, 0.29) is 24.4 Å². The fraction of sp³-hybridized carbons (Fsp3) is 0.500. The Kier molecular flexibility index (Phi) is 7.29. The second-order valence-electron chi connectivity index (χ2n) is 5.18. The Morgan fingerprint density at radius 1 is 1.29 bits per heavy atom. The summed E-state index contributed by atoms with van der Waals surface area (Å²) in [6.45, 7) is 8.40. The first-order valence-electron chi connectivity index (χ1n) is 7.19. The molecule has 21 heavy (non-hydrogen) atoms. The van der Waals surface area contributed by atoms with E-state index >= 15 is 0 Å². The third-order valence-corrected chi connectivity index (χ3v) is 4.12. The third kappa shape index (κ3) is 6.21. The summed E-state index contributed by atoms with van der Waals surface area (Å²) < 4.78 is 0. The Hall–Kier alpha value is -1.49. The summed E-state index contributed by atoms with van der Waals surface area (Å²) in [5.41, 5.74) is 1.16. The van der Waals surface area contributed by atoms with E-state index in [1.165, 1.54) is 11.8 Å². The standard InChI is InChI=1S/C16H24N2O2S/c1-5-18(10-15(19)17-12(2)3)16(20)11-21-14-9-7-6-8-13(14)4/h6-9,12H,5,10-11H2,1-4H3,(H,17,19). The van der Waals surface area contributed by atoms with Crippen LogP contribution in [-0.4, -0.2) is 41.6 Å². The van der Waals surface area contributed by atoms with E-state index in [1.54, 1.807) is 4.90 Å². The normalized spacial score (nSPS) is 10.5. The summed E-state index contributed by atoms with van der Waals surface area (Å²) in [5, 5.41) is 2.81. The minimum atomic E-state index is -0.110. The van der Waals surface area contributed by atoms with E-state index in [4.69, 9.17) is 0 Å². The van der Waals surface area contributed by atoms with Crippen molar-refractivity contribution < 1.29 is 9.59 Å². The maximum atomic E-state index is 12.2. The number of carbonyl (C=O) groups excluding carboxylic acids is 2. The number of benzene rings is 1. The van der Waals surface area contributed by atoms with Crippen LogP contribution in [0.3, 0.4) is 0 Å². The molecular weight excluding hydrogens is 284 g/mol. The summed E-state index contributed by atoms with van der Waals surface area (Å²) in [7, 11) is 0. The number of carbonyl (C=O) groups is 2. The van der Waals surface area contributed by atoms with Crippen molar-refractivity contribution in [2.75, 3.05) is 18.8 Å². The van der Waals surface area contributed by atoms with Gasteiger partial charge < -0.3 is 10.2 Å². The van der Waals surface area contributed by atoms with Crippen LogP contribution in [0.5, 0.6) is 0 Å². The summed E-state index contributed by atoms with van der Waals surface area (Å²) in [4.78, 5) is 26.6. The number of thioether (sulfide) groups is 1. The van der Waals surface area contributed by atoms with Gasteiger partial charge in [0.25, 0.3) is 0 Å². The van der Waals surface area contributed by atoms with Gasteiger partial charge in [-0.1, -0.05) is 18.2 Å². The molecule has 0 aliphatic carbocycles. The largest absolute Gasteiger partial charge is 0.352 e. The van der Waals surface area contributed by atoms with Gasteiger partial charge in [0.15, 0.2) is 0 Å². The Morgan fingerprint density at radius 2 is 1.95 bits per heavy atom. The molecule has 1 N–H and O–H groups in total. The molecule has 0 saturated carbocycles. The van der Waals surface area contributed by atoms with Gasteiger partial charge in [-0.3, -0.25) is 9.59 Å². The highest BCUT2D eigenvalue weighted by molar-refractivity contribution is 8.00. The number of hydrogen-bond donors (Lipinski definition) is 1. The molecule has 4 nitrogen and oxygen atoms in total. The molecule has 2 amide bonds. The van der Waals surface area contributed by atoms with Crippen molar-refractivity contribution in [2.24, 2.45) is 0 Å². The van der Waals surface area contributed by atoms with Crippen molar-refractivity contribution in [3.8, 4) is 0 Å². The molecule has 0 saturated heterocycles. The first-order chi connectivity index (χ1) is 9.93. The highest BCUT2D eigenvalue weighted by Crippen LogP contribution is 2.21. The van der Waals surface area contributed by atoms with Gasteiger partial charge in [-0.05, 0) is 39.3 Å². The number of aryl methyl sites for hydroxylation is 1. The Morgan fingerprint density at radius 3 is 2.52 bits per heavy atom. The average Bonchev–Trinajstić information content (AvgIpc) is 2.42. The van der Waals surface area contributed by atoms with Crippen LogP contribution in [0.4, 0.5) is 0 Å². The van der Waals surface area contributed by atoms with Crippen molar-refractivity contribution in [1.82, 2.24) is 10.2 Å². The van der Waals surface area contributed by atoms with E-state index in [2.05, 4.69) is 5.32 Å². The fourth-order valence-corrected chi connectivity index (χ4v) is 2.80. The van der Waals surface area contributed by atoms with Crippen LogP contribution in [-0.2, 0) is 9.59 Å². The van der Waals surface area contributed by atoms with Gasteiger partial charge in [0.1, 0.15) is 0 Å². The van der Waals surface area contributed by atoms with E-state index < -0.39 is 0 Å². The molecule has 0 bridgehead atoms. The highest BCUT2D eigenvalue weighted by Gasteiger charge is 2.16. The van der Waals surface area contributed by atoms with E-state index in [1.807, 2.05) is 52.0 Å². The second kappa shape index (κ2) is 8.72. The maximum Gasteiger partial charge on any atom is 0.239 e. The van der Waals surface area contributed by atoms with E-state index in [9.17, 15) is 9.59 Å². The van der Waals surface area contributed by atoms with Gasteiger partial charge in [0, 0.05) is 17.5 Å². The summed E-state index contributed by atoms with van der Waals surface area (Å²) >= 11 is 1.52. The van der Waals surface area contributed by atoms with Crippen LogP contribution >= 0.6 is 11.8 Å².